The van der Waals surface area contributed by atoms with Crippen LogP contribution in [0.5, 0.6) is 5.75 Å². The molecule has 2 rings (SSSR count). The number of carboxylic acid groups (broad SMARTS) is 1. The van der Waals surface area contributed by atoms with Crippen molar-refractivity contribution in [1.29, 1.82) is 0 Å². The summed E-state index contributed by atoms with van der Waals surface area (Å²) in [5, 5.41) is 9.23. The lowest BCUT2D eigenvalue weighted by atomic mass is 9.92. The number of nitrogen functional groups attached to an aromatic ring is 1. The maximum atomic E-state index is 12.3. The van der Waals surface area contributed by atoms with Crippen molar-refractivity contribution in [3.05, 3.63) is 18.2 Å². The molecule has 3 N–H and O–H groups in total. The van der Waals surface area contributed by atoms with Crippen molar-refractivity contribution in [2.24, 2.45) is 5.41 Å². The number of carbonyl (C=O) groups excluding carboxylic acids is 1. The largest absolute Gasteiger partial charge is 0.481 e. The molecule has 108 valence electrons. The monoisotopic (exact) mass is 278 g/mol. The highest BCUT2D eigenvalue weighted by molar-refractivity contribution is 6.00. The van der Waals surface area contributed by atoms with Crippen LogP contribution < -0.4 is 15.4 Å². The number of aliphatic carboxylic acids is 1. The van der Waals surface area contributed by atoms with Gasteiger partial charge < -0.3 is 20.5 Å². The minimum absolute atomic E-state index is 0.0752. The number of benzene rings is 1. The molecule has 1 aliphatic heterocycles. The quantitative estimate of drug-likeness (QED) is 0.817. The van der Waals surface area contributed by atoms with Crippen LogP contribution in [0.2, 0.25) is 0 Å². The van der Waals surface area contributed by atoms with Crippen LogP contribution >= 0.6 is 0 Å². The molecule has 20 heavy (non-hydrogen) atoms. The molecule has 0 aromatic heterocycles. The SMILES string of the molecule is CC1Oc2cc(N)ccc2N(CC(C)(C)C(=O)O)C1=O. The Morgan fingerprint density at radius 3 is 2.75 bits per heavy atom. The first-order valence-electron chi connectivity index (χ1n) is 6.33. The number of carbonyl (C=O) groups is 2. The molecule has 6 nitrogen and oxygen atoms in total. The van der Waals surface area contributed by atoms with Crippen LogP contribution in [-0.2, 0) is 9.59 Å². The van der Waals surface area contributed by atoms with Gasteiger partial charge in [-0.3, -0.25) is 9.59 Å². The van der Waals surface area contributed by atoms with Gasteiger partial charge in [0.25, 0.3) is 5.91 Å². The predicted molar refractivity (Wildman–Crippen MR) is 74.7 cm³/mol. The molecular formula is C14H18N2O4. The molecule has 0 fully saturated rings. The summed E-state index contributed by atoms with van der Waals surface area (Å²) in [6, 6.07) is 4.97. The molecule has 0 radical (unpaired) electrons. The van der Waals surface area contributed by atoms with Crippen molar-refractivity contribution in [3.8, 4) is 5.75 Å². The normalized spacial score (nSPS) is 18.4. The Hall–Kier alpha value is -2.24. The van der Waals surface area contributed by atoms with Gasteiger partial charge in [-0.05, 0) is 32.9 Å². The zero-order valence-electron chi connectivity index (χ0n) is 11.7. The van der Waals surface area contributed by atoms with Gasteiger partial charge in [0.15, 0.2) is 6.10 Å². The van der Waals surface area contributed by atoms with Gasteiger partial charge in [0.05, 0.1) is 11.1 Å². The molecule has 1 aliphatic rings. The number of hydrogen-bond acceptors (Lipinski definition) is 4. The lowest BCUT2D eigenvalue weighted by Gasteiger charge is -2.36. The summed E-state index contributed by atoms with van der Waals surface area (Å²) in [6.45, 7) is 4.88. The number of amides is 1. The molecule has 0 saturated heterocycles. The van der Waals surface area contributed by atoms with Gasteiger partial charge in [-0.25, -0.2) is 0 Å². The fourth-order valence-corrected chi connectivity index (χ4v) is 2.05. The second-order valence-corrected chi connectivity index (χ2v) is 5.60. The minimum Gasteiger partial charge on any atom is -0.481 e. The molecule has 0 saturated carbocycles. The first kappa shape index (κ1) is 14.2. The Morgan fingerprint density at radius 2 is 2.15 bits per heavy atom. The average Bonchev–Trinajstić information content (AvgIpc) is 2.34. The molecule has 1 atom stereocenters. The van der Waals surface area contributed by atoms with Gasteiger partial charge in [-0.15, -0.1) is 0 Å². The first-order valence-corrected chi connectivity index (χ1v) is 6.33. The Labute approximate surface area is 117 Å². The van der Waals surface area contributed by atoms with Gasteiger partial charge >= 0.3 is 5.97 Å². The third-order valence-corrected chi connectivity index (χ3v) is 3.32. The standard InChI is InChI=1S/C14H18N2O4/c1-8-12(17)16(7-14(2,3)13(18)19)10-5-4-9(15)6-11(10)20-8/h4-6,8H,7,15H2,1-3H3,(H,18,19). The van der Waals surface area contributed by atoms with E-state index in [2.05, 4.69) is 0 Å². The highest BCUT2D eigenvalue weighted by Gasteiger charge is 2.38. The minimum atomic E-state index is -1.05. The average molecular weight is 278 g/mol. The van der Waals surface area contributed by atoms with E-state index in [9.17, 15) is 14.7 Å². The molecule has 0 aliphatic carbocycles. The Balaban J connectivity index is 2.42. The van der Waals surface area contributed by atoms with E-state index in [-0.39, 0.29) is 12.5 Å². The van der Waals surface area contributed by atoms with E-state index in [0.29, 0.717) is 17.1 Å². The maximum absolute atomic E-state index is 12.3. The summed E-state index contributed by atoms with van der Waals surface area (Å²) >= 11 is 0. The number of carboxylic acids is 1. The van der Waals surface area contributed by atoms with Crippen LogP contribution in [0.4, 0.5) is 11.4 Å². The summed E-state index contributed by atoms with van der Waals surface area (Å²) in [4.78, 5) is 25.0. The number of anilines is 2. The molecule has 1 aromatic carbocycles. The van der Waals surface area contributed by atoms with E-state index in [1.54, 1.807) is 39.0 Å². The maximum Gasteiger partial charge on any atom is 0.310 e. The zero-order valence-corrected chi connectivity index (χ0v) is 11.7. The molecule has 0 spiro atoms. The van der Waals surface area contributed by atoms with Crippen molar-refractivity contribution < 1.29 is 19.4 Å². The summed E-state index contributed by atoms with van der Waals surface area (Å²) in [5.41, 5.74) is 5.74. The van der Waals surface area contributed by atoms with Crippen molar-refractivity contribution in [2.75, 3.05) is 17.2 Å². The summed E-state index contributed by atoms with van der Waals surface area (Å²) < 4.78 is 5.51. The van der Waals surface area contributed by atoms with Crippen LogP contribution in [0.1, 0.15) is 20.8 Å². The Bertz CT molecular complexity index is 568. The van der Waals surface area contributed by atoms with E-state index in [4.69, 9.17) is 10.5 Å². The number of nitrogens with two attached hydrogens (primary N) is 1. The number of nitrogens with zero attached hydrogens (tertiary/aromatic N) is 1. The molecule has 1 unspecified atom stereocenters. The Kier molecular flexibility index (Phi) is 3.33. The third-order valence-electron chi connectivity index (χ3n) is 3.32. The van der Waals surface area contributed by atoms with Crippen molar-refractivity contribution in [1.82, 2.24) is 0 Å². The molecular weight excluding hydrogens is 260 g/mol. The molecule has 1 heterocycles. The fraction of sp³-hybridized carbons (Fsp3) is 0.429. The second-order valence-electron chi connectivity index (χ2n) is 5.60. The third kappa shape index (κ3) is 2.41. The topological polar surface area (TPSA) is 92.9 Å². The van der Waals surface area contributed by atoms with Gasteiger partial charge in [0.1, 0.15) is 5.75 Å². The van der Waals surface area contributed by atoms with E-state index in [1.165, 1.54) is 4.90 Å². The van der Waals surface area contributed by atoms with Gasteiger partial charge in [0, 0.05) is 18.3 Å². The second kappa shape index (κ2) is 4.70. The summed E-state index contributed by atoms with van der Waals surface area (Å²) in [7, 11) is 0. The number of fused-ring (bicyclic) bond motifs is 1. The first-order chi connectivity index (χ1) is 9.22. The zero-order chi connectivity index (χ0) is 15.1. The molecule has 1 aromatic rings. The molecule has 1 amide bonds. The van der Waals surface area contributed by atoms with Crippen LogP contribution in [0.25, 0.3) is 0 Å². The van der Waals surface area contributed by atoms with Crippen LogP contribution in [-0.4, -0.2) is 29.6 Å². The smallest absolute Gasteiger partial charge is 0.310 e. The summed E-state index contributed by atoms with van der Waals surface area (Å²) in [5.74, 6) is -0.712. The number of hydrogen-bond donors (Lipinski definition) is 2. The lowest BCUT2D eigenvalue weighted by molar-refractivity contribution is -0.146. The van der Waals surface area contributed by atoms with Gasteiger partial charge in [-0.2, -0.15) is 0 Å². The van der Waals surface area contributed by atoms with E-state index >= 15 is 0 Å². The highest BCUT2D eigenvalue weighted by Crippen LogP contribution is 2.37. The molecule has 6 heteroatoms. The van der Waals surface area contributed by atoms with Gasteiger partial charge in [-0.1, -0.05) is 0 Å². The predicted octanol–water partition coefficient (Wildman–Crippen LogP) is 1.49. The van der Waals surface area contributed by atoms with Crippen molar-refractivity contribution >= 4 is 23.3 Å². The molecule has 0 bridgehead atoms. The van der Waals surface area contributed by atoms with E-state index < -0.39 is 17.5 Å². The van der Waals surface area contributed by atoms with Crippen LogP contribution in [0, 0.1) is 5.41 Å². The number of ether oxygens (including phenoxy) is 1. The van der Waals surface area contributed by atoms with E-state index in [1.807, 2.05) is 0 Å². The van der Waals surface area contributed by atoms with Crippen LogP contribution in [0.15, 0.2) is 18.2 Å². The highest BCUT2D eigenvalue weighted by atomic mass is 16.5. The summed E-state index contributed by atoms with van der Waals surface area (Å²) in [6.07, 6.45) is -0.658. The fourth-order valence-electron chi connectivity index (χ4n) is 2.05. The Morgan fingerprint density at radius 1 is 1.50 bits per heavy atom. The van der Waals surface area contributed by atoms with Crippen LogP contribution in [0.3, 0.4) is 0 Å². The van der Waals surface area contributed by atoms with Crippen molar-refractivity contribution in [3.63, 3.8) is 0 Å². The lowest BCUT2D eigenvalue weighted by Crippen LogP contribution is -2.49. The van der Waals surface area contributed by atoms with Gasteiger partial charge in [0.2, 0.25) is 0 Å². The number of rotatable bonds is 3. The van der Waals surface area contributed by atoms with Crippen molar-refractivity contribution in [2.45, 2.75) is 26.9 Å². The van der Waals surface area contributed by atoms with E-state index in [0.717, 1.165) is 0 Å².